The first-order chi connectivity index (χ1) is 10.1. The predicted octanol–water partition coefficient (Wildman–Crippen LogP) is 2.91. The second-order valence-corrected chi connectivity index (χ2v) is 6.23. The monoisotopic (exact) mass is 289 g/mol. The van der Waals surface area contributed by atoms with Gasteiger partial charge in [-0.1, -0.05) is 19.3 Å². The van der Waals surface area contributed by atoms with Crippen LogP contribution in [0, 0.1) is 0 Å². The summed E-state index contributed by atoms with van der Waals surface area (Å²) in [6, 6.07) is 4.03. The minimum atomic E-state index is 0.00154. The summed E-state index contributed by atoms with van der Waals surface area (Å²) in [4.78, 5) is 18.6. The Hall–Kier alpha value is -1.42. The molecule has 1 unspecified atom stereocenters. The molecule has 21 heavy (non-hydrogen) atoms. The van der Waals surface area contributed by atoms with Crippen molar-refractivity contribution >= 4 is 5.91 Å². The highest BCUT2D eigenvalue weighted by Crippen LogP contribution is 2.32. The van der Waals surface area contributed by atoms with Gasteiger partial charge in [-0.15, -0.1) is 0 Å². The van der Waals surface area contributed by atoms with Crippen molar-refractivity contribution in [3.05, 3.63) is 30.1 Å². The van der Waals surface area contributed by atoms with Gasteiger partial charge in [0.05, 0.1) is 6.04 Å². The Balaban J connectivity index is 2.01. The fourth-order valence-corrected chi connectivity index (χ4v) is 3.24. The van der Waals surface area contributed by atoms with E-state index in [1.807, 2.05) is 31.1 Å². The lowest BCUT2D eigenvalue weighted by molar-refractivity contribution is -0.133. The molecule has 4 nitrogen and oxygen atoms in total. The van der Waals surface area contributed by atoms with Crippen LogP contribution in [0.1, 0.15) is 57.1 Å². The molecule has 4 heteroatoms. The lowest BCUT2D eigenvalue weighted by Gasteiger charge is -2.38. The summed E-state index contributed by atoms with van der Waals surface area (Å²) in [5.41, 5.74) is 1.13. The molecule has 1 heterocycles. The van der Waals surface area contributed by atoms with Gasteiger partial charge in [0.1, 0.15) is 0 Å². The molecule has 116 valence electrons. The number of rotatable bonds is 5. The summed E-state index contributed by atoms with van der Waals surface area (Å²) in [6.07, 6.45) is 10.1. The molecule has 0 aliphatic heterocycles. The third-order valence-corrected chi connectivity index (χ3v) is 4.99. The van der Waals surface area contributed by atoms with E-state index >= 15 is 0 Å². The molecule has 0 radical (unpaired) electrons. The van der Waals surface area contributed by atoms with E-state index in [-0.39, 0.29) is 17.5 Å². The second-order valence-electron chi connectivity index (χ2n) is 6.23. The zero-order valence-corrected chi connectivity index (χ0v) is 13.4. The number of carbonyl (C=O) groups excluding carboxylic acids is 1. The maximum Gasteiger partial charge on any atom is 0.224 e. The van der Waals surface area contributed by atoms with E-state index in [4.69, 9.17) is 0 Å². The summed E-state index contributed by atoms with van der Waals surface area (Å²) in [5, 5.41) is 3.42. The number of nitrogens with zero attached hydrogens (tertiary/aromatic N) is 2. The third-order valence-electron chi connectivity index (χ3n) is 4.99. The lowest BCUT2D eigenvalue weighted by atomic mass is 9.79. The van der Waals surface area contributed by atoms with E-state index in [9.17, 15) is 4.79 Å². The van der Waals surface area contributed by atoms with Gasteiger partial charge in [-0.25, -0.2) is 0 Å². The van der Waals surface area contributed by atoms with Crippen LogP contribution in [-0.4, -0.2) is 35.4 Å². The fourth-order valence-electron chi connectivity index (χ4n) is 3.24. The number of hydrogen-bond donors (Lipinski definition) is 1. The van der Waals surface area contributed by atoms with E-state index < -0.39 is 0 Å². The van der Waals surface area contributed by atoms with Crippen molar-refractivity contribution < 1.29 is 4.79 Å². The first-order valence-corrected chi connectivity index (χ1v) is 7.92. The standard InChI is InChI=1S/C17H27N3O/c1-14(15-7-11-19-12-8-15)20(3)16(21)13-17(18-2)9-5-4-6-10-17/h7-8,11-12,14,18H,4-6,9-10,13H2,1-3H3. The van der Waals surface area contributed by atoms with Gasteiger partial charge in [-0.05, 0) is 44.5 Å². The van der Waals surface area contributed by atoms with E-state index in [0.717, 1.165) is 18.4 Å². The molecule has 0 bridgehead atoms. The van der Waals surface area contributed by atoms with Crippen molar-refractivity contribution in [1.29, 1.82) is 0 Å². The van der Waals surface area contributed by atoms with Crippen LogP contribution >= 0.6 is 0 Å². The smallest absolute Gasteiger partial charge is 0.224 e. The zero-order chi connectivity index (χ0) is 15.3. The molecular weight excluding hydrogens is 262 g/mol. The Bertz CT molecular complexity index is 454. The van der Waals surface area contributed by atoms with Gasteiger partial charge >= 0.3 is 0 Å². The quantitative estimate of drug-likeness (QED) is 0.906. The predicted molar refractivity (Wildman–Crippen MR) is 84.9 cm³/mol. The average Bonchev–Trinajstić information content (AvgIpc) is 2.55. The first-order valence-electron chi connectivity index (χ1n) is 7.92. The molecule has 0 spiro atoms. The highest BCUT2D eigenvalue weighted by molar-refractivity contribution is 5.77. The van der Waals surface area contributed by atoms with Crippen molar-refractivity contribution in [3.63, 3.8) is 0 Å². The van der Waals surface area contributed by atoms with Gasteiger partial charge < -0.3 is 10.2 Å². The molecule has 1 aromatic heterocycles. The van der Waals surface area contributed by atoms with Crippen molar-refractivity contribution in [1.82, 2.24) is 15.2 Å². The molecule has 1 N–H and O–H groups in total. The summed E-state index contributed by atoms with van der Waals surface area (Å²) < 4.78 is 0. The van der Waals surface area contributed by atoms with Crippen LogP contribution in [0.15, 0.2) is 24.5 Å². The fraction of sp³-hybridized carbons (Fsp3) is 0.647. The molecule has 1 aliphatic rings. The van der Waals surface area contributed by atoms with Crippen LogP contribution in [0.25, 0.3) is 0 Å². The van der Waals surface area contributed by atoms with E-state index in [0.29, 0.717) is 6.42 Å². The van der Waals surface area contributed by atoms with Crippen molar-refractivity contribution in [3.8, 4) is 0 Å². The van der Waals surface area contributed by atoms with Crippen LogP contribution in [0.4, 0.5) is 0 Å². The van der Waals surface area contributed by atoms with Crippen LogP contribution < -0.4 is 5.32 Å². The van der Waals surface area contributed by atoms with E-state index in [2.05, 4.69) is 17.2 Å². The van der Waals surface area contributed by atoms with Crippen LogP contribution in [0.3, 0.4) is 0 Å². The Kier molecular flexibility index (Phi) is 5.34. The normalized spacial score (nSPS) is 19.0. The number of hydrogen-bond acceptors (Lipinski definition) is 3. The van der Waals surface area contributed by atoms with Crippen LogP contribution in [-0.2, 0) is 4.79 Å². The topological polar surface area (TPSA) is 45.2 Å². The molecule has 1 aliphatic carbocycles. The minimum absolute atomic E-state index is 0.00154. The lowest BCUT2D eigenvalue weighted by Crippen LogP contribution is -2.48. The van der Waals surface area contributed by atoms with Gasteiger partial charge in [-0.2, -0.15) is 0 Å². The molecule has 1 amide bonds. The van der Waals surface area contributed by atoms with Gasteiger partial charge in [0, 0.05) is 31.4 Å². The van der Waals surface area contributed by atoms with Crippen molar-refractivity contribution in [2.45, 2.75) is 57.0 Å². The minimum Gasteiger partial charge on any atom is -0.339 e. The number of carbonyl (C=O) groups is 1. The maximum atomic E-state index is 12.7. The van der Waals surface area contributed by atoms with Crippen molar-refractivity contribution in [2.75, 3.05) is 14.1 Å². The van der Waals surface area contributed by atoms with Crippen LogP contribution in [0.2, 0.25) is 0 Å². The largest absolute Gasteiger partial charge is 0.339 e. The van der Waals surface area contributed by atoms with Gasteiger partial charge in [0.2, 0.25) is 5.91 Å². The Morgan fingerprint density at radius 2 is 1.95 bits per heavy atom. The number of nitrogens with one attached hydrogen (secondary N) is 1. The molecule has 1 atom stereocenters. The van der Waals surface area contributed by atoms with Gasteiger partial charge in [0.15, 0.2) is 0 Å². The first kappa shape index (κ1) is 16.0. The Morgan fingerprint density at radius 1 is 1.33 bits per heavy atom. The summed E-state index contributed by atoms with van der Waals surface area (Å²) in [5.74, 6) is 0.218. The SMILES string of the molecule is CNC1(CC(=O)N(C)C(C)c2ccncc2)CCCCC1. The molecule has 0 saturated heterocycles. The molecule has 1 saturated carbocycles. The number of amides is 1. The maximum absolute atomic E-state index is 12.7. The van der Waals surface area contributed by atoms with Gasteiger partial charge in [0.25, 0.3) is 0 Å². The Labute approximate surface area is 127 Å². The summed E-state index contributed by atoms with van der Waals surface area (Å²) in [7, 11) is 3.89. The molecule has 2 rings (SSSR count). The van der Waals surface area contributed by atoms with E-state index in [1.54, 1.807) is 12.4 Å². The summed E-state index contributed by atoms with van der Waals surface area (Å²) >= 11 is 0. The Morgan fingerprint density at radius 3 is 2.52 bits per heavy atom. The zero-order valence-electron chi connectivity index (χ0n) is 13.4. The summed E-state index contributed by atoms with van der Waals surface area (Å²) in [6.45, 7) is 2.07. The average molecular weight is 289 g/mol. The highest BCUT2D eigenvalue weighted by Gasteiger charge is 2.34. The molecule has 1 fully saturated rings. The van der Waals surface area contributed by atoms with E-state index in [1.165, 1.54) is 19.3 Å². The number of aromatic nitrogens is 1. The second kappa shape index (κ2) is 7.03. The van der Waals surface area contributed by atoms with Crippen LogP contribution in [0.5, 0.6) is 0 Å². The molecule has 0 aromatic carbocycles. The highest BCUT2D eigenvalue weighted by atomic mass is 16.2. The number of pyridine rings is 1. The third kappa shape index (κ3) is 3.82. The molecule has 1 aromatic rings. The molecular formula is C17H27N3O. The van der Waals surface area contributed by atoms with Crippen molar-refractivity contribution in [2.24, 2.45) is 0 Å². The van der Waals surface area contributed by atoms with Gasteiger partial charge in [-0.3, -0.25) is 9.78 Å².